The number of furan rings is 1. The highest BCUT2D eigenvalue weighted by atomic mass is 16.3. The number of nitrogens with one attached hydrogen (secondary N) is 1. The Morgan fingerprint density at radius 1 is 1.54 bits per heavy atom. The van der Waals surface area contributed by atoms with Crippen molar-refractivity contribution < 1.29 is 9.21 Å². The molecule has 1 aliphatic rings. The number of rotatable bonds is 1. The van der Waals surface area contributed by atoms with Gasteiger partial charge in [-0.3, -0.25) is 4.79 Å². The van der Waals surface area contributed by atoms with Crippen LogP contribution in [0.4, 0.5) is 0 Å². The van der Waals surface area contributed by atoms with Gasteiger partial charge in [0.25, 0.3) is 0 Å². The number of hydrogen-bond donors (Lipinski definition) is 1. The van der Waals surface area contributed by atoms with E-state index in [1.54, 1.807) is 0 Å². The van der Waals surface area contributed by atoms with E-state index in [9.17, 15) is 4.79 Å². The Morgan fingerprint density at radius 2 is 2.31 bits per heavy atom. The minimum absolute atomic E-state index is 0.117. The van der Waals surface area contributed by atoms with E-state index in [4.69, 9.17) is 4.42 Å². The number of carbonyl (C=O) groups excluding carboxylic acids is 1. The van der Waals surface area contributed by atoms with E-state index in [2.05, 4.69) is 5.32 Å². The molecular formula is C10H13NO2. The maximum atomic E-state index is 11.1. The Balaban J connectivity index is 2.22. The van der Waals surface area contributed by atoms with Crippen LogP contribution in [0.1, 0.15) is 30.8 Å². The molecule has 1 N–H and O–H groups in total. The lowest BCUT2D eigenvalue weighted by Gasteiger charge is -2.10. The molecule has 0 aliphatic carbocycles. The predicted molar refractivity (Wildman–Crippen MR) is 48.4 cm³/mol. The zero-order valence-electron chi connectivity index (χ0n) is 7.83. The highest BCUT2D eigenvalue weighted by Gasteiger charge is 2.32. The van der Waals surface area contributed by atoms with Crippen LogP contribution in [0.25, 0.3) is 0 Å². The van der Waals surface area contributed by atoms with Crippen LogP contribution in [-0.4, -0.2) is 11.9 Å². The Bertz CT molecular complexity index is 329. The topological polar surface area (TPSA) is 42.2 Å². The monoisotopic (exact) mass is 179 g/mol. The van der Waals surface area contributed by atoms with Crippen molar-refractivity contribution in [1.82, 2.24) is 5.32 Å². The Morgan fingerprint density at radius 3 is 2.77 bits per heavy atom. The van der Waals surface area contributed by atoms with Crippen LogP contribution in [0.5, 0.6) is 0 Å². The third kappa shape index (κ3) is 1.46. The van der Waals surface area contributed by atoms with E-state index in [0.717, 1.165) is 11.5 Å². The predicted octanol–water partition coefficient (Wildman–Crippen LogP) is 1.58. The van der Waals surface area contributed by atoms with Gasteiger partial charge in [-0.1, -0.05) is 0 Å². The summed E-state index contributed by atoms with van der Waals surface area (Å²) >= 11 is 0. The summed E-state index contributed by atoms with van der Waals surface area (Å²) in [4.78, 5) is 11.1. The van der Waals surface area contributed by atoms with Crippen molar-refractivity contribution in [2.75, 3.05) is 0 Å². The van der Waals surface area contributed by atoms with Crippen LogP contribution in [-0.2, 0) is 4.79 Å². The fourth-order valence-corrected chi connectivity index (χ4v) is 1.79. The van der Waals surface area contributed by atoms with Gasteiger partial charge in [0.2, 0.25) is 5.91 Å². The standard InChI is InChI=1S/C10H13NO2/c1-6-3-4-9(13-6)8-5-10(12)11-7(8)2/h3-4,7-8H,5H2,1-2H3,(H,11,12). The first-order chi connectivity index (χ1) is 6.16. The first kappa shape index (κ1) is 8.35. The number of hydrogen-bond acceptors (Lipinski definition) is 2. The van der Waals surface area contributed by atoms with Crippen molar-refractivity contribution >= 4 is 5.91 Å². The Hall–Kier alpha value is -1.25. The van der Waals surface area contributed by atoms with Gasteiger partial charge in [-0.05, 0) is 26.0 Å². The van der Waals surface area contributed by atoms with Crippen molar-refractivity contribution in [3.05, 3.63) is 23.7 Å². The SMILES string of the molecule is Cc1ccc(C2CC(=O)NC2C)o1. The van der Waals surface area contributed by atoms with E-state index >= 15 is 0 Å². The molecule has 1 aromatic heterocycles. The molecule has 0 bridgehead atoms. The second-order valence-electron chi connectivity index (χ2n) is 3.62. The summed E-state index contributed by atoms with van der Waals surface area (Å²) in [6.07, 6.45) is 0.550. The fraction of sp³-hybridized carbons (Fsp3) is 0.500. The van der Waals surface area contributed by atoms with E-state index in [1.165, 1.54) is 0 Å². The lowest BCUT2D eigenvalue weighted by Crippen LogP contribution is -2.24. The zero-order chi connectivity index (χ0) is 9.42. The van der Waals surface area contributed by atoms with Crippen molar-refractivity contribution in [1.29, 1.82) is 0 Å². The lowest BCUT2D eigenvalue weighted by molar-refractivity contribution is -0.119. The van der Waals surface area contributed by atoms with E-state index in [1.807, 2.05) is 26.0 Å². The molecule has 1 aromatic rings. The third-order valence-electron chi connectivity index (χ3n) is 2.52. The highest BCUT2D eigenvalue weighted by Crippen LogP contribution is 2.29. The molecule has 2 heterocycles. The molecule has 1 amide bonds. The van der Waals surface area contributed by atoms with Gasteiger partial charge in [-0.15, -0.1) is 0 Å². The number of amides is 1. The number of carbonyl (C=O) groups is 1. The van der Waals surface area contributed by atoms with Crippen LogP contribution >= 0.6 is 0 Å². The summed E-state index contributed by atoms with van der Waals surface area (Å²) in [6, 6.07) is 4.08. The molecular weight excluding hydrogens is 166 g/mol. The molecule has 0 aromatic carbocycles. The van der Waals surface area contributed by atoms with Crippen molar-refractivity contribution in [2.45, 2.75) is 32.2 Å². The average molecular weight is 179 g/mol. The molecule has 70 valence electrons. The zero-order valence-corrected chi connectivity index (χ0v) is 7.83. The van der Waals surface area contributed by atoms with Crippen LogP contribution in [0.2, 0.25) is 0 Å². The summed E-state index contributed by atoms with van der Waals surface area (Å²) < 4.78 is 5.49. The first-order valence-electron chi connectivity index (χ1n) is 4.52. The van der Waals surface area contributed by atoms with Crippen molar-refractivity contribution in [2.24, 2.45) is 0 Å². The summed E-state index contributed by atoms with van der Waals surface area (Å²) in [7, 11) is 0. The van der Waals surface area contributed by atoms with E-state index in [0.29, 0.717) is 6.42 Å². The van der Waals surface area contributed by atoms with Gasteiger partial charge in [0.15, 0.2) is 0 Å². The van der Waals surface area contributed by atoms with Gasteiger partial charge in [0, 0.05) is 18.4 Å². The van der Waals surface area contributed by atoms with E-state index < -0.39 is 0 Å². The van der Waals surface area contributed by atoms with Gasteiger partial charge in [-0.2, -0.15) is 0 Å². The molecule has 3 heteroatoms. The largest absolute Gasteiger partial charge is 0.466 e. The quantitative estimate of drug-likeness (QED) is 0.711. The maximum Gasteiger partial charge on any atom is 0.221 e. The van der Waals surface area contributed by atoms with Gasteiger partial charge >= 0.3 is 0 Å². The lowest BCUT2D eigenvalue weighted by atomic mass is 9.99. The van der Waals surface area contributed by atoms with Crippen LogP contribution in [0.3, 0.4) is 0 Å². The average Bonchev–Trinajstić information content (AvgIpc) is 2.58. The summed E-state index contributed by atoms with van der Waals surface area (Å²) in [6.45, 7) is 3.92. The second-order valence-corrected chi connectivity index (χ2v) is 3.62. The molecule has 0 saturated carbocycles. The van der Waals surface area contributed by atoms with Crippen LogP contribution in [0.15, 0.2) is 16.5 Å². The summed E-state index contributed by atoms with van der Waals surface area (Å²) in [5.74, 6) is 2.15. The normalized spacial score (nSPS) is 27.7. The maximum absolute atomic E-state index is 11.1. The molecule has 1 fully saturated rings. The smallest absolute Gasteiger partial charge is 0.221 e. The van der Waals surface area contributed by atoms with Crippen LogP contribution in [0, 0.1) is 6.92 Å². The van der Waals surface area contributed by atoms with Gasteiger partial charge in [0.05, 0.1) is 0 Å². The summed E-state index contributed by atoms with van der Waals surface area (Å²) in [5, 5.41) is 2.88. The molecule has 0 spiro atoms. The second kappa shape index (κ2) is 2.91. The number of aryl methyl sites for hydroxylation is 1. The molecule has 1 aliphatic heterocycles. The molecule has 3 nitrogen and oxygen atoms in total. The van der Waals surface area contributed by atoms with Gasteiger partial charge in [0.1, 0.15) is 11.5 Å². The minimum Gasteiger partial charge on any atom is -0.466 e. The van der Waals surface area contributed by atoms with Gasteiger partial charge in [-0.25, -0.2) is 0 Å². The van der Waals surface area contributed by atoms with Crippen molar-refractivity contribution in [3.8, 4) is 0 Å². The Labute approximate surface area is 77.1 Å². The molecule has 13 heavy (non-hydrogen) atoms. The summed E-state index contributed by atoms with van der Waals surface area (Å²) in [5.41, 5.74) is 0. The molecule has 2 unspecified atom stereocenters. The van der Waals surface area contributed by atoms with Crippen molar-refractivity contribution in [3.63, 3.8) is 0 Å². The third-order valence-corrected chi connectivity index (χ3v) is 2.52. The first-order valence-corrected chi connectivity index (χ1v) is 4.52. The molecule has 2 rings (SSSR count). The molecule has 0 radical (unpaired) electrons. The fourth-order valence-electron chi connectivity index (χ4n) is 1.79. The van der Waals surface area contributed by atoms with Gasteiger partial charge < -0.3 is 9.73 Å². The van der Waals surface area contributed by atoms with Crippen LogP contribution < -0.4 is 5.32 Å². The van der Waals surface area contributed by atoms with E-state index in [-0.39, 0.29) is 17.9 Å². The highest BCUT2D eigenvalue weighted by molar-refractivity contribution is 5.80. The Kier molecular flexibility index (Phi) is 1.87. The molecule has 2 atom stereocenters. The molecule has 1 saturated heterocycles. The minimum atomic E-state index is 0.117.